The molecule has 114 valence electrons. The maximum Gasteiger partial charge on any atom is 0.272 e. The maximum absolute atomic E-state index is 12.3. The molecule has 1 heterocycles. The smallest absolute Gasteiger partial charge is 0.272 e. The van der Waals surface area contributed by atoms with Crippen molar-refractivity contribution < 1.29 is 16.8 Å². The second kappa shape index (κ2) is 5.88. The summed E-state index contributed by atoms with van der Waals surface area (Å²) in [6.07, 6.45) is 1.03. The summed E-state index contributed by atoms with van der Waals surface area (Å²) in [5, 5.41) is 1.73. The number of sulfone groups is 1. The summed E-state index contributed by atoms with van der Waals surface area (Å²) in [4.78, 5) is -0.0187. The normalized spacial score (nSPS) is 12.3. The largest absolute Gasteiger partial charge is 0.277 e. The van der Waals surface area contributed by atoms with Crippen molar-refractivity contribution in [1.82, 2.24) is 0 Å². The van der Waals surface area contributed by atoms with E-state index in [4.69, 9.17) is 11.6 Å². The maximum atomic E-state index is 12.3. The molecule has 21 heavy (non-hydrogen) atoms. The van der Waals surface area contributed by atoms with Crippen LogP contribution in [0.15, 0.2) is 43.2 Å². The molecule has 10 heteroatoms. The highest BCUT2D eigenvalue weighted by Crippen LogP contribution is 2.32. The van der Waals surface area contributed by atoms with Gasteiger partial charge < -0.3 is 0 Å². The van der Waals surface area contributed by atoms with Crippen LogP contribution in [-0.4, -0.2) is 23.1 Å². The van der Waals surface area contributed by atoms with Crippen molar-refractivity contribution in [2.24, 2.45) is 0 Å². The van der Waals surface area contributed by atoms with Crippen LogP contribution in [-0.2, 0) is 19.9 Å². The summed E-state index contributed by atoms with van der Waals surface area (Å²) in [5.41, 5.74) is 0.0138. The summed E-state index contributed by atoms with van der Waals surface area (Å²) < 4.78 is 50.4. The number of benzene rings is 1. The Balaban J connectivity index is 2.47. The lowest BCUT2D eigenvalue weighted by molar-refractivity contribution is 0.599. The van der Waals surface area contributed by atoms with Crippen molar-refractivity contribution >= 4 is 64.4 Å². The zero-order valence-corrected chi connectivity index (χ0v) is 15.3. The van der Waals surface area contributed by atoms with Gasteiger partial charge in [0.2, 0.25) is 0 Å². The van der Waals surface area contributed by atoms with E-state index in [9.17, 15) is 16.8 Å². The minimum atomic E-state index is -3.84. The molecule has 1 aromatic carbocycles. The molecule has 1 N–H and O–H groups in total. The lowest BCUT2D eigenvalue weighted by Gasteiger charge is -2.10. The number of thiophene rings is 1. The Labute approximate surface area is 140 Å². The summed E-state index contributed by atoms with van der Waals surface area (Å²) >= 11 is 10.1. The van der Waals surface area contributed by atoms with E-state index < -0.39 is 19.9 Å². The summed E-state index contributed by atoms with van der Waals surface area (Å²) in [6.45, 7) is 0. The van der Waals surface area contributed by atoms with Crippen molar-refractivity contribution in [2.45, 2.75) is 9.10 Å². The molecule has 0 saturated carbocycles. The SMILES string of the molecule is CS(=O)(=O)c1ccc(Cl)c(NS(=O)(=O)c2sccc2Br)c1. The predicted octanol–water partition coefficient (Wildman–Crippen LogP) is 3.37. The van der Waals surface area contributed by atoms with Crippen LogP contribution in [0.3, 0.4) is 0 Å². The average Bonchev–Trinajstić information content (AvgIpc) is 2.77. The van der Waals surface area contributed by atoms with E-state index >= 15 is 0 Å². The van der Waals surface area contributed by atoms with E-state index in [0.717, 1.165) is 17.6 Å². The Morgan fingerprint density at radius 3 is 2.38 bits per heavy atom. The van der Waals surface area contributed by atoms with Gasteiger partial charge in [-0.05, 0) is 45.6 Å². The molecule has 0 aliphatic heterocycles. The monoisotopic (exact) mass is 429 g/mol. The van der Waals surface area contributed by atoms with Gasteiger partial charge in [0.15, 0.2) is 14.0 Å². The van der Waals surface area contributed by atoms with Crippen molar-refractivity contribution in [3.8, 4) is 0 Å². The molecule has 0 atom stereocenters. The number of nitrogens with one attached hydrogen (secondary N) is 1. The van der Waals surface area contributed by atoms with Crippen molar-refractivity contribution in [3.05, 3.63) is 39.1 Å². The summed E-state index contributed by atoms with van der Waals surface area (Å²) in [6, 6.07) is 5.44. The lowest BCUT2D eigenvalue weighted by Crippen LogP contribution is -2.13. The molecule has 1 aromatic heterocycles. The molecule has 0 fully saturated rings. The van der Waals surface area contributed by atoms with Crippen LogP contribution < -0.4 is 4.72 Å². The van der Waals surface area contributed by atoms with Gasteiger partial charge in [0.25, 0.3) is 10.0 Å². The molecular formula is C11H9BrClNO4S3. The Morgan fingerprint density at radius 1 is 1.19 bits per heavy atom. The Morgan fingerprint density at radius 2 is 1.86 bits per heavy atom. The van der Waals surface area contributed by atoms with Gasteiger partial charge in [0.05, 0.1) is 15.6 Å². The van der Waals surface area contributed by atoms with Crippen molar-refractivity contribution in [3.63, 3.8) is 0 Å². The highest BCUT2D eigenvalue weighted by Gasteiger charge is 2.21. The molecular weight excluding hydrogens is 422 g/mol. The molecule has 0 bridgehead atoms. The van der Waals surface area contributed by atoms with E-state index in [0.29, 0.717) is 4.47 Å². The predicted molar refractivity (Wildman–Crippen MR) is 87.4 cm³/mol. The molecule has 0 aliphatic carbocycles. The Bertz CT molecular complexity index is 890. The topological polar surface area (TPSA) is 80.3 Å². The quantitative estimate of drug-likeness (QED) is 0.806. The minimum Gasteiger partial charge on any atom is -0.277 e. The molecule has 2 rings (SSSR count). The van der Waals surface area contributed by atoms with Gasteiger partial charge in [-0.15, -0.1) is 11.3 Å². The van der Waals surface area contributed by atoms with Gasteiger partial charge in [-0.1, -0.05) is 11.6 Å². The minimum absolute atomic E-state index is 0.0138. The zero-order chi connectivity index (χ0) is 15.8. The first-order valence-corrected chi connectivity index (χ1v) is 10.8. The second-order valence-corrected chi connectivity index (χ2v) is 10.1. The highest BCUT2D eigenvalue weighted by atomic mass is 79.9. The number of hydrogen-bond acceptors (Lipinski definition) is 5. The molecule has 5 nitrogen and oxygen atoms in total. The average molecular weight is 431 g/mol. The number of halogens is 2. The van der Waals surface area contributed by atoms with Crippen LogP contribution in [0.4, 0.5) is 5.69 Å². The number of hydrogen-bond donors (Lipinski definition) is 1. The fraction of sp³-hybridized carbons (Fsp3) is 0.0909. The van der Waals surface area contributed by atoms with Crippen LogP contribution in [0.25, 0.3) is 0 Å². The van der Waals surface area contributed by atoms with Crippen molar-refractivity contribution in [2.75, 3.05) is 11.0 Å². The van der Waals surface area contributed by atoms with Gasteiger partial charge in [-0.3, -0.25) is 4.72 Å². The molecule has 0 amide bonds. The van der Waals surface area contributed by atoms with Crippen LogP contribution in [0.1, 0.15) is 0 Å². The number of anilines is 1. The van der Waals surface area contributed by atoms with E-state index in [1.165, 1.54) is 18.2 Å². The van der Waals surface area contributed by atoms with E-state index in [2.05, 4.69) is 20.7 Å². The third-order valence-corrected chi connectivity index (χ3v) is 7.91. The Hall–Kier alpha value is -0.610. The van der Waals surface area contributed by atoms with E-state index in [-0.39, 0.29) is 19.8 Å². The van der Waals surface area contributed by atoms with Crippen LogP contribution in [0, 0.1) is 0 Å². The fourth-order valence-electron chi connectivity index (χ4n) is 1.48. The first-order valence-electron chi connectivity index (χ1n) is 5.37. The molecule has 0 spiro atoms. The second-order valence-electron chi connectivity index (χ2n) is 4.08. The van der Waals surface area contributed by atoms with Crippen LogP contribution >= 0.6 is 38.9 Å². The fourth-order valence-corrected chi connectivity index (χ4v) is 5.75. The van der Waals surface area contributed by atoms with Gasteiger partial charge in [-0.2, -0.15) is 0 Å². The molecule has 2 aromatic rings. The Kier molecular flexibility index (Phi) is 4.69. The van der Waals surface area contributed by atoms with Gasteiger partial charge in [0.1, 0.15) is 0 Å². The number of sulfonamides is 1. The summed E-state index contributed by atoms with van der Waals surface area (Å²) in [5.74, 6) is 0. The van der Waals surface area contributed by atoms with Gasteiger partial charge in [0, 0.05) is 10.7 Å². The third-order valence-electron chi connectivity index (χ3n) is 2.44. The standard InChI is InChI=1S/C11H9BrClNO4S3/c1-20(15,16)7-2-3-9(13)10(6-7)14-21(17,18)11-8(12)4-5-19-11/h2-6,14H,1H3. The van der Waals surface area contributed by atoms with Crippen molar-refractivity contribution in [1.29, 1.82) is 0 Å². The van der Waals surface area contributed by atoms with Crippen LogP contribution in [0.2, 0.25) is 5.02 Å². The van der Waals surface area contributed by atoms with Gasteiger partial charge >= 0.3 is 0 Å². The molecule has 0 saturated heterocycles. The molecule has 0 radical (unpaired) electrons. The number of rotatable bonds is 4. The van der Waals surface area contributed by atoms with E-state index in [1.54, 1.807) is 11.4 Å². The lowest BCUT2D eigenvalue weighted by atomic mass is 10.3. The highest BCUT2D eigenvalue weighted by molar-refractivity contribution is 9.10. The first kappa shape index (κ1) is 16.8. The van der Waals surface area contributed by atoms with Gasteiger partial charge in [-0.25, -0.2) is 16.8 Å². The summed E-state index contributed by atoms with van der Waals surface area (Å²) in [7, 11) is -7.30. The zero-order valence-electron chi connectivity index (χ0n) is 10.5. The molecule has 0 aliphatic rings. The molecule has 0 unspecified atom stereocenters. The first-order chi connectivity index (χ1) is 9.61. The third kappa shape index (κ3) is 3.78. The van der Waals surface area contributed by atoms with E-state index in [1.807, 2.05) is 0 Å². The van der Waals surface area contributed by atoms with Crippen LogP contribution in [0.5, 0.6) is 0 Å².